The number of rotatable bonds is 16. The van der Waals surface area contributed by atoms with Crippen molar-refractivity contribution < 1.29 is 14.3 Å². The predicted molar refractivity (Wildman–Crippen MR) is 194 cm³/mol. The number of nitrogens with one attached hydrogen (secondary N) is 2. The second-order valence-electron chi connectivity index (χ2n) is 15.8. The SMILES string of the molecule is CCC1(CC)C(=O)C(CCCCNC(=O)CCC(C)(C)OCCC(C)(C)CC2CCCCCCCCC2)NC2=C/C=C\C=C/C=C\21. The van der Waals surface area contributed by atoms with Gasteiger partial charge in [-0.1, -0.05) is 116 Å². The van der Waals surface area contributed by atoms with Crippen molar-refractivity contribution in [2.45, 2.75) is 169 Å². The highest BCUT2D eigenvalue weighted by atomic mass is 16.5. The molecule has 0 aromatic heterocycles. The number of amides is 1. The van der Waals surface area contributed by atoms with Gasteiger partial charge in [0.15, 0.2) is 5.78 Å². The molecule has 3 rings (SSSR count). The first kappa shape index (κ1) is 38.3. The number of hydrogen-bond donors (Lipinski definition) is 2. The topological polar surface area (TPSA) is 67.4 Å². The minimum Gasteiger partial charge on any atom is -0.376 e. The van der Waals surface area contributed by atoms with E-state index in [4.69, 9.17) is 4.74 Å². The fourth-order valence-electron chi connectivity index (χ4n) is 7.92. The van der Waals surface area contributed by atoms with Crippen LogP contribution in [0.5, 0.6) is 0 Å². The summed E-state index contributed by atoms with van der Waals surface area (Å²) in [4.78, 5) is 26.4. The van der Waals surface area contributed by atoms with Crippen LogP contribution in [0.3, 0.4) is 0 Å². The maximum Gasteiger partial charge on any atom is 0.220 e. The van der Waals surface area contributed by atoms with Crippen molar-refractivity contribution in [1.82, 2.24) is 10.6 Å². The van der Waals surface area contributed by atoms with Gasteiger partial charge in [-0.3, -0.25) is 9.59 Å². The molecule has 1 unspecified atom stereocenters. The van der Waals surface area contributed by atoms with Gasteiger partial charge in [0.2, 0.25) is 5.91 Å². The fraction of sp³-hybridized carbons (Fsp3) is 0.756. The summed E-state index contributed by atoms with van der Waals surface area (Å²) in [6.07, 6.45) is 32.7. The first-order chi connectivity index (χ1) is 22.0. The van der Waals surface area contributed by atoms with Crippen LogP contribution in [-0.2, 0) is 14.3 Å². The normalized spacial score (nSPS) is 25.0. The summed E-state index contributed by atoms with van der Waals surface area (Å²) < 4.78 is 6.36. The molecule has 3 aliphatic rings. The van der Waals surface area contributed by atoms with Crippen molar-refractivity contribution >= 4 is 11.7 Å². The summed E-state index contributed by atoms with van der Waals surface area (Å²) in [6, 6.07) is -0.190. The van der Waals surface area contributed by atoms with E-state index < -0.39 is 5.41 Å². The van der Waals surface area contributed by atoms with Gasteiger partial charge >= 0.3 is 0 Å². The third-order valence-corrected chi connectivity index (χ3v) is 11.0. The predicted octanol–water partition coefficient (Wildman–Crippen LogP) is 10.1. The second kappa shape index (κ2) is 19.0. The van der Waals surface area contributed by atoms with Crippen LogP contribution >= 0.6 is 0 Å². The van der Waals surface area contributed by atoms with Crippen molar-refractivity contribution in [1.29, 1.82) is 0 Å². The van der Waals surface area contributed by atoms with Crippen molar-refractivity contribution in [3.8, 4) is 0 Å². The summed E-state index contributed by atoms with van der Waals surface area (Å²) in [5, 5.41) is 6.65. The van der Waals surface area contributed by atoms with Gasteiger partial charge in [-0.15, -0.1) is 0 Å². The standard InChI is InChI=1S/C41H68N2O3/c1-7-41(8-2)34-24-18-14-15-19-25-35(34)43-36(38(41)45)26-20-21-30-42-37(44)27-28-40(5,6)46-31-29-39(3,4)32-33-22-16-12-10-9-11-13-17-23-33/h14-15,18-19,24-25,33,36,43H,7-13,16-17,20-23,26-32H2,1-6H3,(H,42,44)/b15-14?,18-14-,19-15-,24-18?,25-19?,34-24+,35-25+. The van der Waals surface area contributed by atoms with Gasteiger partial charge < -0.3 is 15.4 Å². The van der Waals surface area contributed by atoms with E-state index in [0.717, 1.165) is 62.3 Å². The Bertz CT molecular complexity index is 1070. The smallest absolute Gasteiger partial charge is 0.220 e. The minimum absolute atomic E-state index is 0.0881. The number of hydrogen-bond acceptors (Lipinski definition) is 4. The molecule has 2 fully saturated rings. The number of carbonyl (C=O) groups excluding carboxylic acids is 2. The van der Waals surface area contributed by atoms with Gasteiger partial charge in [-0.2, -0.15) is 0 Å². The molecular formula is C41H68N2O3. The molecule has 0 aromatic carbocycles. The van der Waals surface area contributed by atoms with Crippen LogP contribution in [0.1, 0.15) is 157 Å². The largest absolute Gasteiger partial charge is 0.376 e. The Morgan fingerprint density at radius 3 is 2.17 bits per heavy atom. The number of allylic oxidation sites excluding steroid dienone is 7. The summed E-state index contributed by atoms with van der Waals surface area (Å²) in [7, 11) is 0. The van der Waals surface area contributed by atoms with Crippen LogP contribution in [-0.4, -0.2) is 36.5 Å². The van der Waals surface area contributed by atoms with Crippen LogP contribution in [0.15, 0.2) is 47.7 Å². The lowest BCUT2D eigenvalue weighted by atomic mass is 9.65. The molecule has 0 bridgehead atoms. The number of unbranched alkanes of at least 4 members (excludes halogenated alkanes) is 1. The zero-order valence-electron chi connectivity index (χ0n) is 30.5. The van der Waals surface area contributed by atoms with E-state index in [0.29, 0.717) is 25.2 Å². The van der Waals surface area contributed by atoms with Gasteiger partial charge in [-0.05, 0) is 88.2 Å². The molecule has 46 heavy (non-hydrogen) atoms. The Morgan fingerprint density at radius 2 is 1.52 bits per heavy atom. The minimum atomic E-state index is -0.441. The maximum absolute atomic E-state index is 13.7. The Kier molecular flexibility index (Phi) is 15.8. The fourth-order valence-corrected chi connectivity index (χ4v) is 7.92. The van der Waals surface area contributed by atoms with Crippen LogP contribution in [0.4, 0.5) is 0 Å². The first-order valence-corrected chi connectivity index (χ1v) is 19.0. The molecule has 2 N–H and O–H groups in total. The molecule has 260 valence electrons. The highest BCUT2D eigenvalue weighted by Gasteiger charge is 2.46. The van der Waals surface area contributed by atoms with Gasteiger partial charge in [0.25, 0.3) is 0 Å². The summed E-state index contributed by atoms with van der Waals surface area (Å²) in [6.45, 7) is 14.7. The van der Waals surface area contributed by atoms with E-state index in [-0.39, 0.29) is 23.0 Å². The Hall–Kier alpha value is -2.14. The van der Waals surface area contributed by atoms with E-state index >= 15 is 0 Å². The monoisotopic (exact) mass is 637 g/mol. The van der Waals surface area contributed by atoms with Crippen molar-refractivity contribution in [3.63, 3.8) is 0 Å². The van der Waals surface area contributed by atoms with Crippen LogP contribution in [0.2, 0.25) is 0 Å². The molecule has 5 nitrogen and oxygen atoms in total. The van der Waals surface area contributed by atoms with Crippen LogP contribution in [0.25, 0.3) is 0 Å². The highest BCUT2D eigenvalue weighted by molar-refractivity contribution is 5.95. The Labute approximate surface area is 282 Å². The van der Waals surface area contributed by atoms with Crippen LogP contribution < -0.4 is 10.6 Å². The molecule has 1 atom stereocenters. The van der Waals surface area contributed by atoms with Gasteiger partial charge in [0.1, 0.15) is 0 Å². The third kappa shape index (κ3) is 12.1. The van der Waals surface area contributed by atoms with Gasteiger partial charge in [0.05, 0.1) is 17.1 Å². The number of fused-ring (bicyclic) bond motifs is 1. The summed E-state index contributed by atoms with van der Waals surface area (Å²) in [5.41, 5.74) is 1.71. The van der Waals surface area contributed by atoms with Crippen molar-refractivity contribution in [2.24, 2.45) is 16.7 Å². The summed E-state index contributed by atoms with van der Waals surface area (Å²) in [5.74, 6) is 1.25. The molecule has 1 amide bonds. The van der Waals surface area contributed by atoms with Crippen LogP contribution in [0, 0.1) is 16.7 Å². The third-order valence-electron chi connectivity index (χ3n) is 11.0. The number of Topliss-reactive ketones (excluding diaryl/α,β-unsaturated/α-hetero) is 1. The number of ketones is 1. The Morgan fingerprint density at radius 1 is 0.891 bits per heavy atom. The van der Waals surface area contributed by atoms with Gasteiger partial charge in [0, 0.05) is 25.3 Å². The number of ether oxygens (including phenoxy) is 1. The Balaban J connectivity index is 1.34. The average Bonchev–Trinajstić information content (AvgIpc) is 3.00. The van der Waals surface area contributed by atoms with E-state index in [9.17, 15) is 9.59 Å². The summed E-state index contributed by atoms with van der Waals surface area (Å²) >= 11 is 0. The lowest BCUT2D eigenvalue weighted by molar-refractivity contribution is -0.130. The highest BCUT2D eigenvalue weighted by Crippen LogP contribution is 2.44. The quantitative estimate of drug-likeness (QED) is 0.166. The van der Waals surface area contributed by atoms with E-state index in [1.165, 1.54) is 64.2 Å². The van der Waals surface area contributed by atoms with E-state index in [1.807, 2.05) is 24.3 Å². The molecule has 1 saturated carbocycles. The van der Waals surface area contributed by atoms with Crippen molar-refractivity contribution in [3.05, 3.63) is 47.7 Å². The van der Waals surface area contributed by atoms with E-state index in [1.54, 1.807) is 0 Å². The number of piperidine rings is 1. The zero-order chi connectivity index (χ0) is 33.5. The lowest BCUT2D eigenvalue weighted by Crippen LogP contribution is -2.53. The van der Waals surface area contributed by atoms with E-state index in [2.05, 4.69) is 64.3 Å². The average molecular weight is 637 g/mol. The van der Waals surface area contributed by atoms with Crippen molar-refractivity contribution in [2.75, 3.05) is 13.2 Å². The number of carbonyl (C=O) groups is 2. The lowest BCUT2D eigenvalue weighted by Gasteiger charge is -2.43. The zero-order valence-corrected chi connectivity index (χ0v) is 30.5. The molecule has 2 aliphatic carbocycles. The molecule has 0 spiro atoms. The molecule has 1 saturated heterocycles. The molecule has 0 aromatic rings. The van der Waals surface area contributed by atoms with Gasteiger partial charge in [-0.25, -0.2) is 0 Å². The molecule has 0 radical (unpaired) electrons. The molecule has 1 aliphatic heterocycles. The molecule has 1 heterocycles. The molecular weight excluding hydrogens is 568 g/mol. The molecule has 5 heteroatoms. The first-order valence-electron chi connectivity index (χ1n) is 19.0. The maximum atomic E-state index is 13.7. The second-order valence-corrected chi connectivity index (χ2v) is 15.8.